The maximum absolute atomic E-state index is 13.7. The second kappa shape index (κ2) is 16.4. The van der Waals surface area contributed by atoms with Crippen LogP contribution in [0, 0.1) is 0 Å². The first-order valence-corrected chi connectivity index (χ1v) is 19.6. The minimum atomic E-state index is -2.36. The summed E-state index contributed by atoms with van der Waals surface area (Å²) < 4.78 is 37.9. The van der Waals surface area contributed by atoms with Crippen LogP contribution in [0.1, 0.15) is 57.4 Å². The number of rotatable bonds is 12. The number of carbonyl (C=O) groups excluding carboxylic acids is 3. The molecule has 0 spiro atoms. The topological polar surface area (TPSA) is 107 Å². The van der Waals surface area contributed by atoms with Crippen LogP contribution >= 0.6 is 0 Å². The van der Waals surface area contributed by atoms with Gasteiger partial charge in [-0.2, -0.15) is 0 Å². The van der Waals surface area contributed by atoms with E-state index in [2.05, 4.69) is 33.9 Å². The molecule has 0 saturated carbocycles. The van der Waals surface area contributed by atoms with Crippen molar-refractivity contribution in [1.29, 1.82) is 0 Å². The second-order valence-electron chi connectivity index (χ2n) is 13.6. The van der Waals surface area contributed by atoms with E-state index in [-0.39, 0.29) is 29.4 Å². The molecule has 5 atom stereocenters. The molecule has 0 bridgehead atoms. The van der Waals surface area contributed by atoms with Gasteiger partial charge in [-0.1, -0.05) is 106 Å². The summed E-state index contributed by atoms with van der Waals surface area (Å²) in [6.45, 7) is 10.6. The van der Waals surface area contributed by atoms with Crippen LogP contribution in [0.4, 0.5) is 0 Å². The third-order valence-electron chi connectivity index (χ3n) is 9.03. The van der Waals surface area contributed by atoms with Crippen molar-refractivity contribution in [3.05, 3.63) is 144 Å². The fourth-order valence-electron chi connectivity index (χ4n) is 5.12. The van der Waals surface area contributed by atoms with Crippen LogP contribution in [0.25, 0.3) is 0 Å². The molecule has 1 saturated heterocycles. The molecule has 1 unspecified atom stereocenters. The predicted octanol–water partition coefficient (Wildman–Crippen LogP) is 7.63. The lowest BCUT2D eigenvalue weighted by atomic mass is 9.97. The molecule has 0 radical (unpaired) electrons. The number of benzene rings is 4. The van der Waals surface area contributed by atoms with Crippen molar-refractivity contribution >= 4 is 26.2 Å². The highest BCUT2D eigenvalue weighted by Gasteiger charge is 2.53. The Hall–Kier alpha value is -4.61. The van der Waals surface area contributed by atoms with Crippen molar-refractivity contribution < 1.29 is 42.5 Å². The first kappa shape index (κ1) is 36.7. The Morgan fingerprint density at radius 1 is 0.600 bits per heavy atom. The fraction of sp³-hybridized carbons (Fsp3) is 0.325. The van der Waals surface area contributed by atoms with Crippen LogP contribution in [0.5, 0.6) is 0 Å². The first-order valence-electron chi connectivity index (χ1n) is 16.7. The average Bonchev–Trinajstić information content (AvgIpc) is 3.12. The van der Waals surface area contributed by atoms with Crippen LogP contribution in [-0.2, 0) is 34.7 Å². The zero-order valence-corrected chi connectivity index (χ0v) is 30.0. The van der Waals surface area contributed by atoms with Gasteiger partial charge in [0.25, 0.3) is 0 Å². The van der Waals surface area contributed by atoms with Crippen LogP contribution in [0.2, 0.25) is 18.1 Å². The Labute approximate surface area is 294 Å². The fourth-order valence-corrected chi connectivity index (χ4v) is 6.13. The summed E-state index contributed by atoms with van der Waals surface area (Å²) in [6.07, 6.45) is -6.06. The summed E-state index contributed by atoms with van der Waals surface area (Å²) >= 11 is 0. The molecule has 0 N–H and O–H groups in total. The van der Waals surface area contributed by atoms with Gasteiger partial charge in [0.2, 0.25) is 6.29 Å². The summed E-state index contributed by atoms with van der Waals surface area (Å²) in [5.41, 5.74) is 1.68. The monoisotopic (exact) mass is 696 g/mol. The molecule has 1 fully saturated rings. The van der Waals surface area contributed by atoms with E-state index in [1.807, 2.05) is 30.3 Å². The van der Waals surface area contributed by atoms with Crippen molar-refractivity contribution in [2.24, 2.45) is 0 Å². The summed E-state index contributed by atoms with van der Waals surface area (Å²) in [6, 6.07) is 34.8. The first-order chi connectivity index (χ1) is 23.9. The summed E-state index contributed by atoms with van der Waals surface area (Å²) in [4.78, 5) is 40.8. The molecule has 4 aromatic rings. The second-order valence-corrected chi connectivity index (χ2v) is 18.4. The van der Waals surface area contributed by atoms with Gasteiger partial charge in [-0.25, -0.2) is 14.4 Å². The molecule has 1 aliphatic rings. The lowest BCUT2D eigenvalue weighted by Crippen LogP contribution is -2.63. The Morgan fingerprint density at radius 2 is 1.02 bits per heavy atom. The smallest absolute Gasteiger partial charge is 0.340 e. The van der Waals surface area contributed by atoms with Crippen LogP contribution in [0.15, 0.2) is 121 Å². The molecule has 0 amide bonds. The standard InChI is InChI=1S/C40H44O9Si/c1-40(2,3)50(4,5)45-27-32-33(47-36(41)29-20-12-7-13-21-29)34(44-26-28-18-10-6-11-19-28)35(48-37(42)30-22-14-8-15-23-30)39(46-32)49-38(43)31-24-16-9-17-25-31/h6-25,32-35,39H,26-27H2,1-5H3/t32-,33-,34+,35-,39?/m1/s1. The van der Waals surface area contributed by atoms with E-state index in [4.69, 9.17) is 28.1 Å². The van der Waals surface area contributed by atoms with Crippen molar-refractivity contribution in [3.8, 4) is 0 Å². The van der Waals surface area contributed by atoms with Gasteiger partial charge in [-0.15, -0.1) is 0 Å². The van der Waals surface area contributed by atoms with Gasteiger partial charge in [-0.05, 0) is 60.1 Å². The van der Waals surface area contributed by atoms with E-state index >= 15 is 0 Å². The van der Waals surface area contributed by atoms with Gasteiger partial charge in [0, 0.05) is 0 Å². The van der Waals surface area contributed by atoms with E-state index in [1.54, 1.807) is 91.0 Å². The highest BCUT2D eigenvalue weighted by Crippen LogP contribution is 2.38. The molecule has 0 aromatic heterocycles. The van der Waals surface area contributed by atoms with Gasteiger partial charge >= 0.3 is 17.9 Å². The van der Waals surface area contributed by atoms with Gasteiger partial charge < -0.3 is 28.1 Å². The maximum atomic E-state index is 13.7. The average molecular weight is 697 g/mol. The predicted molar refractivity (Wildman–Crippen MR) is 190 cm³/mol. The molecule has 10 heteroatoms. The highest BCUT2D eigenvalue weighted by atomic mass is 28.4. The molecular formula is C40H44O9Si. The molecular weight excluding hydrogens is 653 g/mol. The normalized spacial score (nSPS) is 20.8. The lowest BCUT2D eigenvalue weighted by Gasteiger charge is -2.46. The van der Waals surface area contributed by atoms with Gasteiger partial charge in [-0.3, -0.25) is 0 Å². The number of carbonyl (C=O) groups is 3. The van der Waals surface area contributed by atoms with Crippen LogP contribution in [-0.4, -0.2) is 63.5 Å². The van der Waals surface area contributed by atoms with E-state index in [1.165, 1.54) is 0 Å². The Kier molecular flexibility index (Phi) is 12.0. The summed E-state index contributed by atoms with van der Waals surface area (Å²) in [5.74, 6) is -2.02. The van der Waals surface area contributed by atoms with Crippen molar-refractivity contribution in [3.63, 3.8) is 0 Å². The summed E-state index contributed by atoms with van der Waals surface area (Å²) in [7, 11) is -2.36. The van der Waals surface area contributed by atoms with Crippen molar-refractivity contribution in [2.45, 2.75) is 76.2 Å². The molecule has 4 aromatic carbocycles. The van der Waals surface area contributed by atoms with E-state index in [0.29, 0.717) is 5.56 Å². The number of hydrogen-bond acceptors (Lipinski definition) is 9. The Balaban J connectivity index is 1.57. The molecule has 1 heterocycles. The van der Waals surface area contributed by atoms with Gasteiger partial charge in [0.15, 0.2) is 20.5 Å². The minimum absolute atomic E-state index is 0.00678. The number of hydrogen-bond donors (Lipinski definition) is 0. The quantitative estimate of drug-likeness (QED) is 0.0840. The lowest BCUT2D eigenvalue weighted by molar-refractivity contribution is -0.292. The zero-order chi connectivity index (χ0) is 35.7. The molecule has 1 aliphatic heterocycles. The van der Waals surface area contributed by atoms with Crippen molar-refractivity contribution in [1.82, 2.24) is 0 Å². The molecule has 0 aliphatic carbocycles. The van der Waals surface area contributed by atoms with Crippen LogP contribution in [0.3, 0.4) is 0 Å². The number of ether oxygens (including phenoxy) is 5. The molecule has 5 rings (SSSR count). The van der Waals surface area contributed by atoms with Crippen molar-refractivity contribution in [2.75, 3.05) is 6.61 Å². The van der Waals surface area contributed by atoms with Gasteiger partial charge in [0.05, 0.1) is 29.9 Å². The number of esters is 3. The Morgan fingerprint density at radius 3 is 1.48 bits per heavy atom. The van der Waals surface area contributed by atoms with E-state index < -0.39 is 56.9 Å². The van der Waals surface area contributed by atoms with E-state index in [9.17, 15) is 14.4 Å². The largest absolute Gasteiger partial charge is 0.453 e. The third-order valence-corrected chi connectivity index (χ3v) is 13.5. The van der Waals surface area contributed by atoms with Gasteiger partial charge in [0.1, 0.15) is 12.2 Å². The third kappa shape index (κ3) is 9.33. The SMILES string of the molecule is CC(C)(C)[Si](C)(C)OC[C@H]1OC(OC(=O)c2ccccc2)[C@H](OC(=O)c2ccccc2)[C@@H](OCc2ccccc2)[C@@H]1OC(=O)c1ccccc1. The van der Waals surface area contributed by atoms with E-state index in [0.717, 1.165) is 5.56 Å². The maximum Gasteiger partial charge on any atom is 0.340 e. The minimum Gasteiger partial charge on any atom is -0.453 e. The molecule has 9 nitrogen and oxygen atoms in total. The molecule has 50 heavy (non-hydrogen) atoms. The highest BCUT2D eigenvalue weighted by molar-refractivity contribution is 6.74. The Bertz CT molecular complexity index is 1690. The zero-order valence-electron chi connectivity index (χ0n) is 29.0. The van der Waals surface area contributed by atoms with Crippen LogP contribution < -0.4 is 0 Å². The molecule has 262 valence electrons. The summed E-state index contributed by atoms with van der Waals surface area (Å²) in [5, 5.41) is -0.145.